The third-order valence-electron chi connectivity index (χ3n) is 3.29. The highest BCUT2D eigenvalue weighted by molar-refractivity contribution is 7.89. The summed E-state index contributed by atoms with van der Waals surface area (Å²) in [7, 11) is -3.68. The maximum absolute atomic E-state index is 12.6. The number of rotatable bonds is 2. The topological polar surface area (TPSA) is 87.7 Å². The molecule has 0 saturated heterocycles. The van der Waals surface area contributed by atoms with Crippen LogP contribution in [0.1, 0.15) is 32.0 Å². The Morgan fingerprint density at radius 3 is 2.60 bits per heavy atom. The molecule has 3 aromatic rings. The van der Waals surface area contributed by atoms with Crippen LogP contribution in [0.4, 0.5) is 0 Å². The van der Waals surface area contributed by atoms with Crippen molar-refractivity contribution in [2.24, 2.45) is 0 Å². The van der Waals surface area contributed by atoms with E-state index in [1.54, 1.807) is 51.2 Å². The summed E-state index contributed by atoms with van der Waals surface area (Å²) >= 11 is 0. The molecule has 3 rings (SSSR count). The van der Waals surface area contributed by atoms with Gasteiger partial charge in [-0.15, -0.1) is 0 Å². The second kappa shape index (κ2) is 6.31. The summed E-state index contributed by atoms with van der Waals surface area (Å²) in [4.78, 5) is 11.4. The first kappa shape index (κ1) is 17.1. The lowest BCUT2D eigenvalue weighted by Gasteiger charge is -2.20. The normalized spacial score (nSPS) is 12.0. The molecule has 0 unspecified atom stereocenters. The first-order valence-corrected chi connectivity index (χ1v) is 9.18. The van der Waals surface area contributed by atoms with E-state index in [0.717, 1.165) is 5.39 Å². The molecule has 0 atom stereocenters. The summed E-state index contributed by atoms with van der Waals surface area (Å²) in [5.74, 6) is 5.88. The molecule has 25 heavy (non-hydrogen) atoms. The highest BCUT2D eigenvalue weighted by atomic mass is 32.2. The predicted molar refractivity (Wildman–Crippen MR) is 96.4 cm³/mol. The molecular weight excluding hydrogens is 336 g/mol. The SMILES string of the molecule is CC(C)(C)NS(=O)(=O)c1ccccc1C#Cc1ncnc2[nH]ccc12. The van der Waals surface area contributed by atoms with E-state index >= 15 is 0 Å². The zero-order valence-electron chi connectivity index (χ0n) is 14.2. The van der Waals surface area contributed by atoms with Gasteiger partial charge in [-0.25, -0.2) is 23.1 Å². The molecule has 2 N–H and O–H groups in total. The van der Waals surface area contributed by atoms with Gasteiger partial charge in [0.2, 0.25) is 10.0 Å². The molecule has 0 saturated carbocycles. The van der Waals surface area contributed by atoms with Crippen LogP contribution in [0.3, 0.4) is 0 Å². The number of hydrogen-bond donors (Lipinski definition) is 2. The van der Waals surface area contributed by atoms with Gasteiger partial charge in [0.05, 0.1) is 10.3 Å². The average molecular weight is 354 g/mol. The van der Waals surface area contributed by atoms with Crippen molar-refractivity contribution in [1.82, 2.24) is 19.7 Å². The van der Waals surface area contributed by atoms with Gasteiger partial charge in [0.1, 0.15) is 17.7 Å². The van der Waals surface area contributed by atoms with Crippen LogP contribution in [0, 0.1) is 11.8 Å². The number of aromatic amines is 1. The van der Waals surface area contributed by atoms with E-state index in [9.17, 15) is 8.42 Å². The molecule has 0 aliphatic heterocycles. The summed E-state index contributed by atoms with van der Waals surface area (Å²) < 4.78 is 27.9. The zero-order chi connectivity index (χ0) is 18.1. The number of benzene rings is 1. The van der Waals surface area contributed by atoms with Gasteiger partial charge >= 0.3 is 0 Å². The molecule has 0 amide bonds. The Bertz CT molecular complexity index is 1080. The van der Waals surface area contributed by atoms with Crippen molar-refractivity contribution in [2.75, 3.05) is 0 Å². The Morgan fingerprint density at radius 1 is 1.08 bits per heavy atom. The summed E-state index contributed by atoms with van der Waals surface area (Å²) in [5, 5.41) is 0.795. The molecule has 2 heterocycles. The zero-order valence-corrected chi connectivity index (χ0v) is 15.0. The van der Waals surface area contributed by atoms with E-state index in [-0.39, 0.29) is 4.90 Å². The number of sulfonamides is 1. The molecule has 6 nitrogen and oxygen atoms in total. The van der Waals surface area contributed by atoms with Gasteiger partial charge in [-0.05, 0) is 44.9 Å². The predicted octanol–water partition coefficient (Wildman–Crippen LogP) is 2.43. The number of nitrogens with zero attached hydrogens (tertiary/aromatic N) is 2. The van der Waals surface area contributed by atoms with Crippen LogP contribution in [0.2, 0.25) is 0 Å². The molecule has 1 aromatic carbocycles. The van der Waals surface area contributed by atoms with Crippen molar-refractivity contribution in [3.63, 3.8) is 0 Å². The first-order valence-electron chi connectivity index (χ1n) is 7.69. The standard InChI is InChI=1S/C18H18N4O2S/c1-18(2,3)22-25(23,24)16-7-5-4-6-13(16)8-9-15-14-10-11-19-17(14)21-12-20-15/h4-7,10-12,22H,1-3H3,(H,19,20,21). The number of aromatic nitrogens is 3. The fourth-order valence-corrected chi connectivity index (χ4v) is 3.94. The highest BCUT2D eigenvalue weighted by Crippen LogP contribution is 2.18. The minimum atomic E-state index is -3.68. The van der Waals surface area contributed by atoms with E-state index in [1.165, 1.54) is 6.33 Å². The molecule has 0 radical (unpaired) electrons. The van der Waals surface area contributed by atoms with Crippen molar-refractivity contribution in [2.45, 2.75) is 31.2 Å². The fraction of sp³-hybridized carbons (Fsp3) is 0.222. The number of fused-ring (bicyclic) bond motifs is 1. The van der Waals surface area contributed by atoms with Crippen LogP contribution >= 0.6 is 0 Å². The van der Waals surface area contributed by atoms with E-state index < -0.39 is 15.6 Å². The lowest BCUT2D eigenvalue weighted by molar-refractivity contribution is 0.491. The van der Waals surface area contributed by atoms with Gasteiger partial charge in [0, 0.05) is 17.3 Å². The van der Waals surface area contributed by atoms with Gasteiger partial charge in [0.15, 0.2) is 0 Å². The Labute approximate surface area is 146 Å². The van der Waals surface area contributed by atoms with E-state index in [0.29, 0.717) is 16.9 Å². The van der Waals surface area contributed by atoms with Crippen molar-refractivity contribution in [3.8, 4) is 11.8 Å². The van der Waals surface area contributed by atoms with Crippen LogP contribution in [0.5, 0.6) is 0 Å². The van der Waals surface area contributed by atoms with E-state index in [1.807, 2.05) is 6.07 Å². The molecule has 128 valence electrons. The summed E-state index contributed by atoms with van der Waals surface area (Å²) in [6, 6.07) is 8.50. The van der Waals surface area contributed by atoms with Gasteiger partial charge in [-0.3, -0.25) is 0 Å². The van der Waals surface area contributed by atoms with Crippen LogP contribution in [-0.4, -0.2) is 28.9 Å². The van der Waals surface area contributed by atoms with E-state index in [2.05, 4.69) is 31.5 Å². The van der Waals surface area contributed by atoms with Crippen molar-refractivity contribution in [1.29, 1.82) is 0 Å². The third kappa shape index (κ3) is 3.87. The monoisotopic (exact) mass is 354 g/mol. The summed E-state index contributed by atoms with van der Waals surface area (Å²) in [5.41, 5.74) is 1.07. The molecule has 2 aromatic heterocycles. The lowest BCUT2D eigenvalue weighted by atomic mass is 10.1. The van der Waals surface area contributed by atoms with Crippen LogP contribution < -0.4 is 4.72 Å². The van der Waals surface area contributed by atoms with Crippen molar-refractivity contribution >= 4 is 21.1 Å². The van der Waals surface area contributed by atoms with Crippen LogP contribution in [-0.2, 0) is 10.0 Å². The Balaban J connectivity index is 2.05. The van der Waals surface area contributed by atoms with Crippen molar-refractivity contribution in [3.05, 3.63) is 54.1 Å². The smallest absolute Gasteiger partial charge is 0.242 e. The largest absolute Gasteiger partial charge is 0.346 e. The number of nitrogens with one attached hydrogen (secondary N) is 2. The fourth-order valence-electron chi connectivity index (χ4n) is 2.36. The van der Waals surface area contributed by atoms with Gasteiger partial charge in [-0.1, -0.05) is 18.1 Å². The molecule has 0 fully saturated rings. The van der Waals surface area contributed by atoms with Crippen LogP contribution in [0.15, 0.2) is 47.8 Å². The minimum absolute atomic E-state index is 0.150. The Hall–Kier alpha value is -2.69. The molecule has 0 bridgehead atoms. The van der Waals surface area contributed by atoms with Crippen LogP contribution in [0.25, 0.3) is 11.0 Å². The second-order valence-corrected chi connectivity index (χ2v) is 8.21. The summed E-state index contributed by atoms with van der Waals surface area (Å²) in [6.45, 7) is 5.38. The number of hydrogen-bond acceptors (Lipinski definition) is 4. The van der Waals surface area contributed by atoms with Crippen molar-refractivity contribution < 1.29 is 8.42 Å². The molecule has 0 aliphatic carbocycles. The Morgan fingerprint density at radius 2 is 1.84 bits per heavy atom. The Kier molecular flexibility index (Phi) is 4.33. The summed E-state index contributed by atoms with van der Waals surface area (Å²) in [6.07, 6.45) is 3.18. The highest BCUT2D eigenvalue weighted by Gasteiger charge is 2.23. The first-order chi connectivity index (χ1) is 11.8. The van der Waals surface area contributed by atoms with Gasteiger partial charge in [0.25, 0.3) is 0 Å². The minimum Gasteiger partial charge on any atom is -0.346 e. The average Bonchev–Trinajstić information content (AvgIpc) is 3.00. The number of H-pyrrole nitrogens is 1. The third-order valence-corrected chi connectivity index (χ3v) is 5.10. The molecular formula is C18H18N4O2S. The molecule has 0 spiro atoms. The van der Waals surface area contributed by atoms with Gasteiger partial charge < -0.3 is 4.98 Å². The maximum atomic E-state index is 12.6. The molecule has 0 aliphatic rings. The maximum Gasteiger partial charge on any atom is 0.242 e. The van der Waals surface area contributed by atoms with Gasteiger partial charge in [-0.2, -0.15) is 0 Å². The lowest BCUT2D eigenvalue weighted by Crippen LogP contribution is -2.40. The van der Waals surface area contributed by atoms with E-state index in [4.69, 9.17) is 0 Å². The quantitative estimate of drug-likeness (QED) is 0.692. The molecule has 7 heteroatoms. The second-order valence-electron chi connectivity index (χ2n) is 6.56.